The first-order valence-electron chi connectivity index (χ1n) is 8.91. The van der Waals surface area contributed by atoms with E-state index < -0.39 is 0 Å². The van der Waals surface area contributed by atoms with Gasteiger partial charge < -0.3 is 4.90 Å². The summed E-state index contributed by atoms with van der Waals surface area (Å²) in [6.45, 7) is 3.19. The first-order valence-corrected chi connectivity index (χ1v) is 8.91. The van der Waals surface area contributed by atoms with Crippen molar-refractivity contribution in [1.82, 2.24) is 19.7 Å². The second-order valence-electron chi connectivity index (χ2n) is 6.64. The quantitative estimate of drug-likeness (QED) is 0.554. The molecule has 3 heterocycles. The maximum absolute atomic E-state index is 4.62. The third-order valence-electron chi connectivity index (χ3n) is 5.21. The van der Waals surface area contributed by atoms with Gasteiger partial charge in [-0.3, -0.25) is 0 Å². The molecule has 4 aromatic rings. The number of rotatable bonds is 2. The number of hydrogen-bond donors (Lipinski definition) is 0. The van der Waals surface area contributed by atoms with Crippen molar-refractivity contribution in [3.05, 3.63) is 78.2 Å². The first-order chi connectivity index (χ1) is 12.8. The SMILES string of the molecule is CC1c2ccccc2CCN1c1ncnc2c1cnn2-c1ccccc1. The van der Waals surface area contributed by atoms with Gasteiger partial charge in [0.15, 0.2) is 5.65 Å². The zero-order chi connectivity index (χ0) is 17.5. The van der Waals surface area contributed by atoms with Crippen LogP contribution < -0.4 is 4.90 Å². The lowest BCUT2D eigenvalue weighted by molar-refractivity contribution is 0.619. The molecular weight excluding hydrogens is 322 g/mol. The van der Waals surface area contributed by atoms with E-state index in [1.54, 1.807) is 6.33 Å². The molecule has 5 heteroatoms. The normalized spacial score (nSPS) is 16.7. The third kappa shape index (κ3) is 2.28. The Bertz CT molecular complexity index is 1070. The number of anilines is 1. The Morgan fingerprint density at radius 3 is 2.65 bits per heavy atom. The van der Waals surface area contributed by atoms with E-state index in [9.17, 15) is 0 Å². The van der Waals surface area contributed by atoms with Crippen LogP contribution in [0.4, 0.5) is 5.82 Å². The summed E-state index contributed by atoms with van der Waals surface area (Å²) in [5, 5.41) is 5.57. The van der Waals surface area contributed by atoms with Gasteiger partial charge in [-0.15, -0.1) is 0 Å². The highest BCUT2D eigenvalue weighted by Crippen LogP contribution is 2.35. The number of para-hydroxylation sites is 1. The van der Waals surface area contributed by atoms with Gasteiger partial charge in [0, 0.05) is 6.54 Å². The monoisotopic (exact) mass is 341 g/mol. The number of nitrogens with zero attached hydrogens (tertiary/aromatic N) is 5. The van der Waals surface area contributed by atoms with Crippen molar-refractivity contribution >= 4 is 16.9 Å². The van der Waals surface area contributed by atoms with E-state index in [2.05, 4.69) is 51.2 Å². The van der Waals surface area contributed by atoms with Crippen molar-refractivity contribution in [3.63, 3.8) is 0 Å². The fraction of sp³-hybridized carbons (Fsp3) is 0.190. The van der Waals surface area contributed by atoms with Crippen molar-refractivity contribution in [2.45, 2.75) is 19.4 Å². The summed E-state index contributed by atoms with van der Waals surface area (Å²) in [6.07, 6.45) is 4.55. The number of benzene rings is 2. The highest BCUT2D eigenvalue weighted by molar-refractivity contribution is 5.88. The average molecular weight is 341 g/mol. The Balaban J connectivity index is 1.62. The minimum atomic E-state index is 0.276. The fourth-order valence-corrected chi connectivity index (χ4v) is 3.88. The molecule has 0 aliphatic carbocycles. The zero-order valence-corrected chi connectivity index (χ0v) is 14.6. The summed E-state index contributed by atoms with van der Waals surface area (Å²) >= 11 is 0. The van der Waals surface area contributed by atoms with Gasteiger partial charge in [-0.05, 0) is 36.6 Å². The van der Waals surface area contributed by atoms with Gasteiger partial charge in [-0.1, -0.05) is 42.5 Å². The molecule has 0 spiro atoms. The molecule has 1 atom stereocenters. The molecule has 2 aromatic carbocycles. The molecule has 0 bridgehead atoms. The van der Waals surface area contributed by atoms with Crippen molar-refractivity contribution in [2.24, 2.45) is 0 Å². The molecule has 0 N–H and O–H groups in total. The van der Waals surface area contributed by atoms with Crippen LogP contribution in [0.25, 0.3) is 16.7 Å². The van der Waals surface area contributed by atoms with Gasteiger partial charge in [0.05, 0.1) is 23.3 Å². The van der Waals surface area contributed by atoms with Gasteiger partial charge in [0.25, 0.3) is 0 Å². The maximum Gasteiger partial charge on any atom is 0.168 e. The molecule has 0 radical (unpaired) electrons. The van der Waals surface area contributed by atoms with Gasteiger partial charge in [-0.25, -0.2) is 14.6 Å². The zero-order valence-electron chi connectivity index (χ0n) is 14.6. The summed E-state index contributed by atoms with van der Waals surface area (Å²) in [6, 6.07) is 19.0. The number of aromatic nitrogens is 4. The molecule has 1 aliphatic heterocycles. The molecule has 0 saturated carbocycles. The van der Waals surface area contributed by atoms with Crippen LogP contribution in [0.15, 0.2) is 67.1 Å². The lowest BCUT2D eigenvalue weighted by Gasteiger charge is -2.36. The van der Waals surface area contributed by atoms with E-state index in [0.717, 1.165) is 35.5 Å². The molecule has 1 unspecified atom stereocenters. The van der Waals surface area contributed by atoms with Gasteiger partial charge >= 0.3 is 0 Å². The minimum absolute atomic E-state index is 0.276. The summed E-state index contributed by atoms with van der Waals surface area (Å²) in [4.78, 5) is 11.5. The molecule has 26 heavy (non-hydrogen) atoms. The highest BCUT2D eigenvalue weighted by Gasteiger charge is 2.26. The fourth-order valence-electron chi connectivity index (χ4n) is 3.88. The molecule has 1 aliphatic rings. The van der Waals surface area contributed by atoms with E-state index in [4.69, 9.17) is 0 Å². The molecule has 0 amide bonds. The summed E-state index contributed by atoms with van der Waals surface area (Å²) in [7, 11) is 0. The van der Waals surface area contributed by atoms with Crippen LogP contribution in [0, 0.1) is 0 Å². The molecule has 5 nitrogen and oxygen atoms in total. The van der Waals surface area contributed by atoms with E-state index in [1.165, 1.54) is 11.1 Å². The minimum Gasteiger partial charge on any atom is -0.349 e. The second kappa shape index (κ2) is 5.95. The second-order valence-corrected chi connectivity index (χ2v) is 6.64. The first kappa shape index (κ1) is 15.1. The lowest BCUT2D eigenvalue weighted by Crippen LogP contribution is -2.34. The van der Waals surface area contributed by atoms with Crippen LogP contribution in [0.3, 0.4) is 0 Å². The Morgan fingerprint density at radius 1 is 0.962 bits per heavy atom. The van der Waals surface area contributed by atoms with Crippen molar-refractivity contribution < 1.29 is 0 Å². The van der Waals surface area contributed by atoms with Crippen molar-refractivity contribution in [1.29, 1.82) is 0 Å². The van der Waals surface area contributed by atoms with Crippen LogP contribution in [0.2, 0.25) is 0 Å². The Morgan fingerprint density at radius 2 is 1.77 bits per heavy atom. The largest absolute Gasteiger partial charge is 0.349 e. The average Bonchev–Trinajstić information content (AvgIpc) is 3.14. The summed E-state index contributed by atoms with van der Waals surface area (Å²) in [5.74, 6) is 0.958. The number of fused-ring (bicyclic) bond motifs is 2. The molecule has 5 rings (SSSR count). The van der Waals surface area contributed by atoms with Gasteiger partial charge in [-0.2, -0.15) is 5.10 Å². The van der Waals surface area contributed by atoms with Crippen LogP contribution in [-0.2, 0) is 6.42 Å². The van der Waals surface area contributed by atoms with E-state index >= 15 is 0 Å². The predicted octanol–water partition coefficient (Wildman–Crippen LogP) is 3.94. The maximum atomic E-state index is 4.62. The van der Waals surface area contributed by atoms with Crippen LogP contribution in [0.1, 0.15) is 24.1 Å². The van der Waals surface area contributed by atoms with Crippen LogP contribution >= 0.6 is 0 Å². The summed E-state index contributed by atoms with van der Waals surface area (Å²) in [5.41, 5.74) is 4.65. The Kier molecular flexibility index (Phi) is 3.45. The molecule has 0 saturated heterocycles. The predicted molar refractivity (Wildman–Crippen MR) is 103 cm³/mol. The van der Waals surface area contributed by atoms with Crippen LogP contribution in [-0.4, -0.2) is 26.3 Å². The lowest BCUT2D eigenvalue weighted by atomic mass is 9.93. The molecule has 0 fully saturated rings. The number of hydrogen-bond acceptors (Lipinski definition) is 4. The highest BCUT2D eigenvalue weighted by atomic mass is 15.3. The van der Waals surface area contributed by atoms with Crippen LogP contribution in [0.5, 0.6) is 0 Å². The smallest absolute Gasteiger partial charge is 0.168 e. The van der Waals surface area contributed by atoms with Gasteiger partial charge in [0.1, 0.15) is 12.1 Å². The Hall–Kier alpha value is -3.21. The molecule has 128 valence electrons. The van der Waals surface area contributed by atoms with E-state index in [0.29, 0.717) is 0 Å². The molecular formula is C21H19N5. The summed E-state index contributed by atoms with van der Waals surface area (Å²) < 4.78 is 1.88. The standard InChI is InChI=1S/C21H19N5/c1-15-18-10-6-5-7-16(18)11-12-25(15)20-19-13-24-26(21(19)23-14-22-20)17-8-3-2-4-9-17/h2-10,13-15H,11-12H2,1H3. The van der Waals surface area contributed by atoms with Crippen molar-refractivity contribution in [2.75, 3.05) is 11.4 Å². The van der Waals surface area contributed by atoms with E-state index in [-0.39, 0.29) is 6.04 Å². The Labute approximate surface area is 151 Å². The van der Waals surface area contributed by atoms with E-state index in [1.807, 2.05) is 41.2 Å². The van der Waals surface area contributed by atoms with Gasteiger partial charge in [0.2, 0.25) is 0 Å². The molecule has 2 aromatic heterocycles. The third-order valence-corrected chi connectivity index (χ3v) is 5.21. The topological polar surface area (TPSA) is 46.8 Å². The van der Waals surface area contributed by atoms with Crippen molar-refractivity contribution in [3.8, 4) is 5.69 Å².